The maximum atomic E-state index is 13.8. The van der Waals surface area contributed by atoms with Crippen molar-refractivity contribution in [1.82, 2.24) is 15.5 Å². The third kappa shape index (κ3) is 9.18. The summed E-state index contributed by atoms with van der Waals surface area (Å²) in [5.74, 6) is -0.369. The topological polar surface area (TPSA) is 87.7 Å². The van der Waals surface area contributed by atoms with Crippen LogP contribution in [0.4, 0.5) is 4.79 Å². The normalized spacial score (nSPS) is 12.6. The molecule has 0 aromatic heterocycles. The average molecular weight is 524 g/mol. The molecule has 2 N–H and O–H groups in total. The number of hydrogen-bond acceptors (Lipinski definition) is 5. The lowest BCUT2D eigenvalue weighted by molar-refractivity contribution is -0.138. The minimum atomic E-state index is -1.08. The standard InChI is InChI=1S/C29H37N3O4S/c1-8-32(27(34)24(16-17-37-7)31-28(35)36-29(4,5)6)25(23-18-20(2)14-15-21(23)3)26(33)30-19-22-12-10-9-11-13-22/h1,9-15,18,24-25H,16-17,19H2,2-7H3,(H,30,33)(H,31,35). The number of ether oxygens (including phenoxy) is 1. The number of amides is 3. The molecule has 0 spiro atoms. The fourth-order valence-corrected chi connectivity index (χ4v) is 4.18. The quantitative estimate of drug-likeness (QED) is 0.347. The minimum absolute atomic E-state index is 0.277. The van der Waals surface area contributed by atoms with E-state index in [0.29, 0.717) is 17.7 Å². The summed E-state index contributed by atoms with van der Waals surface area (Å²) in [6, 6.07) is 15.5. The van der Waals surface area contributed by atoms with Gasteiger partial charge in [0.1, 0.15) is 17.7 Å². The van der Waals surface area contributed by atoms with E-state index in [9.17, 15) is 14.4 Å². The van der Waals surface area contributed by atoms with E-state index in [4.69, 9.17) is 11.2 Å². The maximum Gasteiger partial charge on any atom is 0.408 e. The van der Waals surface area contributed by atoms with Gasteiger partial charge in [0, 0.05) is 12.6 Å². The highest BCUT2D eigenvalue weighted by atomic mass is 32.2. The molecule has 0 aliphatic carbocycles. The van der Waals surface area contributed by atoms with Crippen molar-refractivity contribution in [2.45, 2.75) is 65.3 Å². The van der Waals surface area contributed by atoms with Crippen molar-refractivity contribution in [2.24, 2.45) is 0 Å². The fourth-order valence-electron chi connectivity index (χ4n) is 3.71. The molecule has 2 atom stereocenters. The molecule has 0 saturated heterocycles. The summed E-state index contributed by atoms with van der Waals surface area (Å²) in [4.78, 5) is 41.0. The van der Waals surface area contributed by atoms with Gasteiger partial charge >= 0.3 is 6.09 Å². The number of carbonyl (C=O) groups is 3. The SMILES string of the molecule is C#CN(C(=O)C(CCSC)NC(=O)OC(C)(C)C)C(C(=O)NCc1ccccc1)c1cc(C)ccc1C. The number of carbonyl (C=O) groups excluding carboxylic acids is 3. The average Bonchev–Trinajstić information content (AvgIpc) is 2.84. The Bertz CT molecular complexity index is 1120. The Kier molecular flexibility index (Phi) is 11.1. The Morgan fingerprint density at radius 3 is 2.38 bits per heavy atom. The Morgan fingerprint density at radius 2 is 1.78 bits per heavy atom. The molecule has 0 bridgehead atoms. The van der Waals surface area contributed by atoms with Crippen LogP contribution in [0.1, 0.15) is 55.5 Å². The van der Waals surface area contributed by atoms with Crippen molar-refractivity contribution >= 4 is 29.7 Å². The molecule has 0 aliphatic heterocycles. The second kappa shape index (κ2) is 13.8. The van der Waals surface area contributed by atoms with Gasteiger partial charge in [-0.3, -0.25) is 14.5 Å². The first-order chi connectivity index (χ1) is 17.5. The first kappa shape index (κ1) is 29.8. The number of nitrogens with zero attached hydrogens (tertiary/aromatic N) is 1. The number of rotatable bonds is 10. The third-order valence-corrected chi connectivity index (χ3v) is 6.17. The van der Waals surface area contributed by atoms with Crippen LogP contribution < -0.4 is 10.6 Å². The van der Waals surface area contributed by atoms with E-state index in [1.54, 1.807) is 20.8 Å². The molecule has 0 aliphatic rings. The summed E-state index contributed by atoms with van der Waals surface area (Å²) in [6.07, 6.45) is 7.38. The van der Waals surface area contributed by atoms with Crippen molar-refractivity contribution in [1.29, 1.82) is 0 Å². The van der Waals surface area contributed by atoms with Gasteiger partial charge in [-0.1, -0.05) is 60.5 Å². The highest BCUT2D eigenvalue weighted by molar-refractivity contribution is 7.98. The summed E-state index contributed by atoms with van der Waals surface area (Å²) in [7, 11) is 0. The fraction of sp³-hybridized carbons (Fsp3) is 0.414. The van der Waals surface area contributed by atoms with Crippen molar-refractivity contribution < 1.29 is 19.1 Å². The van der Waals surface area contributed by atoms with Crippen LogP contribution in [0.15, 0.2) is 48.5 Å². The molecule has 37 heavy (non-hydrogen) atoms. The van der Waals surface area contributed by atoms with Crippen LogP contribution >= 0.6 is 11.8 Å². The van der Waals surface area contributed by atoms with Gasteiger partial charge in [-0.15, -0.1) is 0 Å². The zero-order valence-electron chi connectivity index (χ0n) is 22.5. The summed E-state index contributed by atoms with van der Waals surface area (Å²) in [5.41, 5.74) is 2.55. The van der Waals surface area contributed by atoms with Gasteiger partial charge in [0.05, 0.1) is 0 Å². The van der Waals surface area contributed by atoms with Crippen molar-refractivity contribution in [3.05, 3.63) is 70.8 Å². The second-order valence-corrected chi connectivity index (χ2v) is 10.8. The molecule has 0 radical (unpaired) electrons. The molecule has 0 heterocycles. The van der Waals surface area contributed by atoms with E-state index in [-0.39, 0.29) is 6.54 Å². The summed E-state index contributed by atoms with van der Waals surface area (Å²) in [6.45, 7) is 9.29. The number of aryl methyl sites for hydroxylation is 2. The van der Waals surface area contributed by atoms with Crippen LogP contribution in [-0.4, -0.2) is 46.5 Å². The highest BCUT2D eigenvalue weighted by Crippen LogP contribution is 2.27. The Morgan fingerprint density at radius 1 is 1.11 bits per heavy atom. The van der Waals surface area contributed by atoms with Crippen molar-refractivity contribution in [3.8, 4) is 12.5 Å². The number of thioether (sulfide) groups is 1. The van der Waals surface area contributed by atoms with Gasteiger partial charge in [-0.25, -0.2) is 4.79 Å². The van der Waals surface area contributed by atoms with E-state index in [1.807, 2.05) is 68.6 Å². The van der Waals surface area contributed by atoms with E-state index in [1.165, 1.54) is 11.8 Å². The lowest BCUT2D eigenvalue weighted by Crippen LogP contribution is -2.51. The number of hydrogen-bond donors (Lipinski definition) is 2. The number of nitrogens with one attached hydrogen (secondary N) is 2. The van der Waals surface area contributed by atoms with Crippen LogP contribution in [0.2, 0.25) is 0 Å². The molecule has 2 unspecified atom stereocenters. The van der Waals surface area contributed by atoms with Crippen LogP contribution in [0.25, 0.3) is 0 Å². The summed E-state index contributed by atoms with van der Waals surface area (Å²) in [5, 5.41) is 5.58. The van der Waals surface area contributed by atoms with E-state index in [0.717, 1.165) is 21.6 Å². The predicted molar refractivity (Wildman–Crippen MR) is 149 cm³/mol. The van der Waals surface area contributed by atoms with Crippen molar-refractivity contribution in [3.63, 3.8) is 0 Å². The monoisotopic (exact) mass is 523 g/mol. The van der Waals surface area contributed by atoms with Crippen LogP contribution in [-0.2, 0) is 20.9 Å². The Balaban J connectivity index is 2.43. The molecule has 2 aromatic carbocycles. The lowest BCUT2D eigenvalue weighted by Gasteiger charge is -2.31. The minimum Gasteiger partial charge on any atom is -0.444 e. The molecule has 3 amide bonds. The molecular weight excluding hydrogens is 486 g/mol. The predicted octanol–water partition coefficient (Wildman–Crippen LogP) is 4.73. The molecule has 0 saturated carbocycles. The molecule has 198 valence electrons. The van der Waals surface area contributed by atoms with Crippen LogP contribution in [0.3, 0.4) is 0 Å². The Hall–Kier alpha value is -3.44. The van der Waals surface area contributed by atoms with Crippen molar-refractivity contribution in [2.75, 3.05) is 12.0 Å². The van der Waals surface area contributed by atoms with E-state index in [2.05, 4.69) is 16.7 Å². The Labute approximate surface area is 224 Å². The number of terminal acetylenes is 1. The largest absolute Gasteiger partial charge is 0.444 e. The lowest BCUT2D eigenvalue weighted by atomic mass is 9.96. The first-order valence-corrected chi connectivity index (χ1v) is 13.5. The van der Waals surface area contributed by atoms with Crippen LogP contribution in [0, 0.1) is 26.3 Å². The number of benzene rings is 2. The van der Waals surface area contributed by atoms with Gasteiger partial charge in [0.2, 0.25) is 5.91 Å². The molecule has 2 rings (SSSR count). The first-order valence-electron chi connectivity index (χ1n) is 12.1. The number of alkyl carbamates (subject to hydrolysis) is 1. The van der Waals surface area contributed by atoms with Gasteiger partial charge in [0.25, 0.3) is 5.91 Å². The van der Waals surface area contributed by atoms with Gasteiger partial charge in [0.15, 0.2) is 0 Å². The van der Waals surface area contributed by atoms with Gasteiger partial charge in [-0.2, -0.15) is 11.8 Å². The summed E-state index contributed by atoms with van der Waals surface area (Å²) >= 11 is 1.53. The molecule has 0 fully saturated rings. The molecule has 8 heteroatoms. The zero-order valence-corrected chi connectivity index (χ0v) is 23.3. The van der Waals surface area contributed by atoms with Gasteiger partial charge in [-0.05, 0) is 69.7 Å². The highest BCUT2D eigenvalue weighted by Gasteiger charge is 2.36. The third-order valence-electron chi connectivity index (χ3n) is 5.52. The molecule has 2 aromatic rings. The maximum absolute atomic E-state index is 13.8. The molecule has 7 nitrogen and oxygen atoms in total. The molecular formula is C29H37N3O4S. The summed E-state index contributed by atoms with van der Waals surface area (Å²) < 4.78 is 5.37. The zero-order chi connectivity index (χ0) is 27.6. The second-order valence-electron chi connectivity index (χ2n) is 9.78. The van der Waals surface area contributed by atoms with E-state index >= 15 is 0 Å². The van der Waals surface area contributed by atoms with Crippen LogP contribution in [0.5, 0.6) is 0 Å². The van der Waals surface area contributed by atoms with Gasteiger partial charge < -0.3 is 15.4 Å². The smallest absolute Gasteiger partial charge is 0.408 e. The van der Waals surface area contributed by atoms with E-state index < -0.39 is 35.6 Å².